The van der Waals surface area contributed by atoms with E-state index in [9.17, 15) is 9.59 Å². The molecule has 1 aliphatic heterocycles. The lowest BCUT2D eigenvalue weighted by Crippen LogP contribution is -2.48. The molecule has 2 atom stereocenters. The molecule has 0 aliphatic carbocycles. The van der Waals surface area contributed by atoms with Crippen molar-refractivity contribution in [2.75, 3.05) is 33.3 Å². The van der Waals surface area contributed by atoms with E-state index in [1.165, 1.54) is 0 Å². The maximum absolute atomic E-state index is 12.9. The van der Waals surface area contributed by atoms with Gasteiger partial charge in [0, 0.05) is 20.1 Å². The van der Waals surface area contributed by atoms with Gasteiger partial charge in [0.2, 0.25) is 5.54 Å². The number of carbonyl (C=O) groups excluding carboxylic acids is 2. The number of rotatable bonds is 10. The fraction of sp³-hybridized carbons (Fsp3) is 0.524. The van der Waals surface area contributed by atoms with Gasteiger partial charge in [-0.3, -0.25) is 9.69 Å². The van der Waals surface area contributed by atoms with Crippen LogP contribution in [-0.2, 0) is 14.3 Å². The first kappa shape index (κ1) is 20.2. The van der Waals surface area contributed by atoms with Gasteiger partial charge in [-0.1, -0.05) is 55.8 Å². The Kier molecular flexibility index (Phi) is 7.39. The molecule has 2 unspecified atom stereocenters. The summed E-state index contributed by atoms with van der Waals surface area (Å²) in [7, 11) is 1.76. The van der Waals surface area contributed by atoms with Crippen LogP contribution in [0.5, 0.6) is 0 Å². The van der Waals surface area contributed by atoms with Gasteiger partial charge in [-0.2, -0.15) is 0 Å². The highest BCUT2D eigenvalue weighted by molar-refractivity contribution is 6.11. The van der Waals surface area contributed by atoms with E-state index in [4.69, 9.17) is 4.74 Å². The second kappa shape index (κ2) is 9.53. The standard InChI is InChI=1S/C21H30N2O3/c1-4-6-16-23-17-21(23,20(25)26-5-2)19(24)22(3)15-11-10-14-18-12-8-7-9-13-18/h7-10,12-14H,4-6,11,15-17H2,1-3H3/b14-10-. The third-order valence-corrected chi connectivity index (χ3v) is 4.69. The van der Waals surface area contributed by atoms with Crippen LogP contribution in [0, 0.1) is 0 Å². The van der Waals surface area contributed by atoms with Gasteiger partial charge in [0.05, 0.1) is 6.61 Å². The van der Waals surface area contributed by atoms with Crippen LogP contribution >= 0.6 is 0 Å². The van der Waals surface area contributed by atoms with Crippen LogP contribution in [0.25, 0.3) is 6.08 Å². The summed E-state index contributed by atoms with van der Waals surface area (Å²) < 4.78 is 5.19. The van der Waals surface area contributed by atoms with Crippen molar-refractivity contribution in [3.05, 3.63) is 42.0 Å². The molecule has 0 N–H and O–H groups in total. The van der Waals surface area contributed by atoms with Crippen molar-refractivity contribution in [1.29, 1.82) is 0 Å². The molecule has 5 nitrogen and oxygen atoms in total. The average molecular weight is 358 g/mol. The highest BCUT2D eigenvalue weighted by Crippen LogP contribution is 2.36. The van der Waals surface area contributed by atoms with Gasteiger partial charge in [-0.15, -0.1) is 0 Å². The van der Waals surface area contributed by atoms with Gasteiger partial charge in [0.15, 0.2) is 0 Å². The normalized spacial score (nSPS) is 21.6. The largest absolute Gasteiger partial charge is 0.464 e. The topological polar surface area (TPSA) is 49.6 Å². The van der Waals surface area contributed by atoms with Gasteiger partial charge in [0.1, 0.15) is 0 Å². The second-order valence-corrected chi connectivity index (χ2v) is 6.68. The number of unbranched alkanes of at least 4 members (excludes halogenated alkanes) is 1. The van der Waals surface area contributed by atoms with E-state index < -0.39 is 11.5 Å². The third-order valence-electron chi connectivity index (χ3n) is 4.69. The quantitative estimate of drug-likeness (QED) is 0.367. The molecule has 26 heavy (non-hydrogen) atoms. The molecule has 2 rings (SSSR count). The minimum atomic E-state index is -1.09. The minimum Gasteiger partial charge on any atom is -0.464 e. The number of likely N-dealkylation sites (N-methyl/N-ethyl adjacent to an activating group) is 1. The molecular weight excluding hydrogens is 328 g/mol. The van der Waals surface area contributed by atoms with Crippen molar-refractivity contribution in [1.82, 2.24) is 9.80 Å². The zero-order valence-electron chi connectivity index (χ0n) is 16.1. The maximum Gasteiger partial charge on any atom is 0.337 e. The van der Waals surface area contributed by atoms with Gasteiger partial charge >= 0.3 is 5.97 Å². The molecule has 0 bridgehead atoms. The van der Waals surface area contributed by atoms with Gasteiger partial charge in [-0.05, 0) is 31.9 Å². The third kappa shape index (κ3) is 4.73. The number of hydrogen-bond acceptors (Lipinski definition) is 4. The van der Waals surface area contributed by atoms with Gasteiger partial charge in [-0.25, -0.2) is 4.79 Å². The molecule has 1 aromatic carbocycles. The van der Waals surface area contributed by atoms with E-state index in [0.29, 0.717) is 19.7 Å². The van der Waals surface area contributed by atoms with Crippen LogP contribution < -0.4 is 0 Å². The van der Waals surface area contributed by atoms with Crippen molar-refractivity contribution in [3.8, 4) is 0 Å². The lowest BCUT2D eigenvalue weighted by atomic mass is 10.1. The fourth-order valence-electron chi connectivity index (χ4n) is 3.06. The SMILES string of the molecule is CCCCN1CC1(C(=O)OCC)C(=O)N(C)CC/C=C\c1ccccc1. The van der Waals surface area contributed by atoms with E-state index in [1.54, 1.807) is 18.9 Å². The Morgan fingerprint density at radius 1 is 1.27 bits per heavy atom. The van der Waals surface area contributed by atoms with Gasteiger partial charge in [0.25, 0.3) is 5.91 Å². The lowest BCUT2D eigenvalue weighted by molar-refractivity contribution is -0.154. The molecule has 0 saturated carbocycles. The maximum atomic E-state index is 12.9. The van der Waals surface area contributed by atoms with Crippen LogP contribution in [0.2, 0.25) is 0 Å². The Morgan fingerprint density at radius 2 is 2.00 bits per heavy atom. The highest BCUT2D eigenvalue weighted by atomic mass is 16.5. The average Bonchev–Trinajstić information content (AvgIpc) is 3.39. The summed E-state index contributed by atoms with van der Waals surface area (Å²) >= 11 is 0. The Bertz CT molecular complexity index is 629. The first-order valence-electron chi connectivity index (χ1n) is 9.45. The first-order valence-corrected chi connectivity index (χ1v) is 9.45. The summed E-state index contributed by atoms with van der Waals surface area (Å²) in [6.07, 6.45) is 6.84. The van der Waals surface area contributed by atoms with Gasteiger partial charge < -0.3 is 9.64 Å². The number of carbonyl (C=O) groups is 2. The van der Waals surface area contributed by atoms with Crippen molar-refractivity contribution in [2.45, 2.75) is 38.6 Å². The number of nitrogens with zero attached hydrogens (tertiary/aromatic N) is 2. The lowest BCUT2D eigenvalue weighted by Gasteiger charge is -2.23. The predicted octanol–water partition coefficient (Wildman–Crippen LogP) is 2.97. The molecule has 1 heterocycles. The van der Waals surface area contributed by atoms with Crippen LogP contribution in [-0.4, -0.2) is 60.5 Å². The summed E-state index contributed by atoms with van der Waals surface area (Å²) in [5.41, 5.74) is 0.0423. The summed E-state index contributed by atoms with van der Waals surface area (Å²) in [6, 6.07) is 10.1. The molecular formula is C21H30N2O3. The zero-order chi connectivity index (χ0) is 19.0. The van der Waals surface area contributed by atoms with Crippen molar-refractivity contribution < 1.29 is 14.3 Å². The van der Waals surface area contributed by atoms with E-state index in [-0.39, 0.29) is 5.91 Å². The smallest absolute Gasteiger partial charge is 0.337 e. The first-order chi connectivity index (χ1) is 12.6. The number of amides is 1. The highest BCUT2D eigenvalue weighted by Gasteiger charge is 2.65. The predicted molar refractivity (Wildman–Crippen MR) is 104 cm³/mol. The van der Waals surface area contributed by atoms with E-state index in [1.807, 2.05) is 41.3 Å². The molecule has 0 spiro atoms. The van der Waals surface area contributed by atoms with Crippen LogP contribution in [0.1, 0.15) is 38.7 Å². The minimum absolute atomic E-state index is 0.153. The monoisotopic (exact) mass is 358 g/mol. The number of benzene rings is 1. The molecule has 1 fully saturated rings. The number of ether oxygens (including phenoxy) is 1. The molecule has 0 aromatic heterocycles. The number of hydrogen-bond donors (Lipinski definition) is 0. The molecule has 1 saturated heterocycles. The van der Waals surface area contributed by atoms with Crippen LogP contribution in [0.4, 0.5) is 0 Å². The zero-order valence-corrected chi connectivity index (χ0v) is 16.1. The Balaban J connectivity index is 1.93. The summed E-state index contributed by atoms with van der Waals surface area (Å²) in [6.45, 7) is 5.96. The Morgan fingerprint density at radius 3 is 2.65 bits per heavy atom. The van der Waals surface area contributed by atoms with E-state index in [0.717, 1.165) is 31.4 Å². The molecule has 1 aromatic rings. The van der Waals surface area contributed by atoms with E-state index in [2.05, 4.69) is 13.0 Å². The van der Waals surface area contributed by atoms with Crippen LogP contribution in [0.3, 0.4) is 0 Å². The van der Waals surface area contributed by atoms with Crippen LogP contribution in [0.15, 0.2) is 36.4 Å². The molecule has 5 heteroatoms. The molecule has 142 valence electrons. The van der Waals surface area contributed by atoms with Crippen molar-refractivity contribution in [2.24, 2.45) is 0 Å². The fourth-order valence-corrected chi connectivity index (χ4v) is 3.06. The second-order valence-electron chi connectivity index (χ2n) is 6.68. The Hall–Kier alpha value is -2.14. The Labute approximate surface area is 156 Å². The van der Waals surface area contributed by atoms with Crippen molar-refractivity contribution in [3.63, 3.8) is 0 Å². The summed E-state index contributed by atoms with van der Waals surface area (Å²) in [4.78, 5) is 29.0. The number of esters is 1. The molecule has 0 radical (unpaired) electrons. The molecule has 1 aliphatic rings. The molecule has 1 amide bonds. The van der Waals surface area contributed by atoms with Crippen molar-refractivity contribution >= 4 is 18.0 Å². The summed E-state index contributed by atoms with van der Waals surface area (Å²) in [5.74, 6) is -0.562. The summed E-state index contributed by atoms with van der Waals surface area (Å²) in [5, 5.41) is 0. The van der Waals surface area contributed by atoms with E-state index >= 15 is 0 Å².